The molecule has 1 saturated heterocycles. The number of carbonyl (C=O) groups excluding carboxylic acids is 2. The average molecular weight is 480 g/mol. The summed E-state index contributed by atoms with van der Waals surface area (Å²) in [6.07, 6.45) is 5.35. The van der Waals surface area contributed by atoms with Crippen LogP contribution in [0, 0.1) is 0 Å². The first-order valence-electron chi connectivity index (χ1n) is 11.8. The van der Waals surface area contributed by atoms with E-state index >= 15 is 0 Å². The average Bonchev–Trinajstić information content (AvgIpc) is 2.84. The summed E-state index contributed by atoms with van der Waals surface area (Å²) in [5, 5.41) is 2.78. The zero-order valence-electron chi connectivity index (χ0n) is 19.8. The third-order valence-corrected chi connectivity index (χ3v) is 8.64. The van der Waals surface area contributed by atoms with Crippen LogP contribution in [0.15, 0.2) is 30.3 Å². The first-order valence-corrected chi connectivity index (χ1v) is 13.2. The molecule has 184 valence electrons. The molecular formula is C23H37N5O4S. The van der Waals surface area contributed by atoms with E-state index in [0.717, 1.165) is 31.2 Å². The third-order valence-electron chi connectivity index (χ3n) is 6.59. The molecule has 0 atom stereocenters. The SMILES string of the molecule is CN(Cc1ccccc1)C(=O)NCCC(=O)N1CCN(S(=O)(=O)N(C)C2CCCCC2)CC1. The molecule has 0 radical (unpaired) electrons. The van der Waals surface area contributed by atoms with E-state index in [1.165, 1.54) is 15.0 Å². The van der Waals surface area contributed by atoms with Gasteiger partial charge in [-0.3, -0.25) is 4.79 Å². The Labute approximate surface area is 197 Å². The highest BCUT2D eigenvalue weighted by Crippen LogP contribution is 2.25. The Morgan fingerprint density at radius 1 is 1.00 bits per heavy atom. The lowest BCUT2D eigenvalue weighted by Crippen LogP contribution is -2.55. The van der Waals surface area contributed by atoms with E-state index < -0.39 is 10.2 Å². The van der Waals surface area contributed by atoms with Crippen molar-refractivity contribution in [1.29, 1.82) is 0 Å². The van der Waals surface area contributed by atoms with E-state index in [4.69, 9.17) is 0 Å². The molecule has 2 aliphatic rings. The summed E-state index contributed by atoms with van der Waals surface area (Å²) in [5.74, 6) is -0.0707. The fourth-order valence-corrected chi connectivity index (χ4v) is 6.06. The molecule has 2 fully saturated rings. The number of amides is 3. The Morgan fingerprint density at radius 3 is 2.27 bits per heavy atom. The number of urea groups is 1. The molecule has 1 aliphatic heterocycles. The molecule has 33 heavy (non-hydrogen) atoms. The van der Waals surface area contributed by atoms with Crippen LogP contribution in [-0.2, 0) is 21.5 Å². The summed E-state index contributed by atoms with van der Waals surface area (Å²) >= 11 is 0. The molecule has 10 heteroatoms. The summed E-state index contributed by atoms with van der Waals surface area (Å²) in [5.41, 5.74) is 1.04. The standard InChI is InChI=1S/C23H37N5O4S/c1-25(19-20-9-5-3-6-10-20)23(30)24-14-13-22(29)27-15-17-28(18-16-27)33(31,32)26(2)21-11-7-4-8-12-21/h3,5-6,9-10,21H,4,7-8,11-19H2,1-2H3,(H,24,30). The molecule has 1 aliphatic carbocycles. The van der Waals surface area contributed by atoms with Gasteiger partial charge in [-0.05, 0) is 18.4 Å². The van der Waals surface area contributed by atoms with Gasteiger partial charge in [0.15, 0.2) is 0 Å². The van der Waals surface area contributed by atoms with Gasteiger partial charge in [0.1, 0.15) is 0 Å². The fraction of sp³-hybridized carbons (Fsp3) is 0.652. The molecule has 0 bridgehead atoms. The number of nitrogens with one attached hydrogen (secondary N) is 1. The Kier molecular flexibility index (Phi) is 9.10. The molecule has 9 nitrogen and oxygen atoms in total. The van der Waals surface area contributed by atoms with Crippen molar-refractivity contribution in [3.8, 4) is 0 Å². The lowest BCUT2D eigenvalue weighted by atomic mass is 9.96. The third kappa shape index (κ3) is 6.91. The fourth-order valence-electron chi connectivity index (χ4n) is 4.48. The maximum absolute atomic E-state index is 13.0. The van der Waals surface area contributed by atoms with Gasteiger partial charge in [0.2, 0.25) is 5.91 Å². The second kappa shape index (κ2) is 11.8. The zero-order chi connectivity index (χ0) is 23.8. The number of carbonyl (C=O) groups is 2. The van der Waals surface area contributed by atoms with Gasteiger partial charge >= 0.3 is 6.03 Å². The molecule has 1 aromatic rings. The number of benzene rings is 1. The minimum absolute atomic E-state index is 0.0707. The summed E-state index contributed by atoms with van der Waals surface area (Å²) in [4.78, 5) is 28.1. The second-order valence-electron chi connectivity index (χ2n) is 8.92. The van der Waals surface area contributed by atoms with Gasteiger partial charge in [-0.2, -0.15) is 17.0 Å². The van der Waals surface area contributed by atoms with Gasteiger partial charge in [-0.25, -0.2) is 4.79 Å². The van der Waals surface area contributed by atoms with Gasteiger partial charge < -0.3 is 15.1 Å². The Hall–Kier alpha value is -2.17. The summed E-state index contributed by atoms with van der Waals surface area (Å²) < 4.78 is 29.0. The molecule has 0 unspecified atom stereocenters. The van der Waals surface area contributed by atoms with E-state index in [1.807, 2.05) is 30.3 Å². The van der Waals surface area contributed by atoms with E-state index in [-0.39, 0.29) is 30.9 Å². The van der Waals surface area contributed by atoms with E-state index in [2.05, 4.69) is 5.32 Å². The molecule has 1 aromatic carbocycles. The molecule has 1 heterocycles. The van der Waals surface area contributed by atoms with E-state index in [9.17, 15) is 18.0 Å². The quantitative estimate of drug-likeness (QED) is 0.616. The maximum atomic E-state index is 13.0. The zero-order valence-corrected chi connectivity index (χ0v) is 20.6. The van der Waals surface area contributed by atoms with E-state index in [1.54, 1.807) is 23.9 Å². The molecule has 1 saturated carbocycles. The monoisotopic (exact) mass is 479 g/mol. The van der Waals surface area contributed by atoms with Crippen molar-refractivity contribution in [3.63, 3.8) is 0 Å². The van der Waals surface area contributed by atoms with Crippen LogP contribution in [0.25, 0.3) is 0 Å². The van der Waals surface area contributed by atoms with Crippen molar-refractivity contribution in [1.82, 2.24) is 23.7 Å². The van der Waals surface area contributed by atoms with Crippen molar-refractivity contribution in [2.45, 2.75) is 51.1 Å². The highest BCUT2D eigenvalue weighted by atomic mass is 32.2. The van der Waals surface area contributed by atoms with Gasteiger partial charge in [-0.15, -0.1) is 0 Å². The van der Waals surface area contributed by atoms with Gasteiger partial charge in [-0.1, -0.05) is 49.6 Å². The summed E-state index contributed by atoms with van der Waals surface area (Å²) in [6, 6.07) is 9.55. The van der Waals surface area contributed by atoms with Crippen LogP contribution in [0.1, 0.15) is 44.1 Å². The first-order chi connectivity index (χ1) is 15.8. The minimum Gasteiger partial charge on any atom is -0.340 e. The smallest absolute Gasteiger partial charge is 0.317 e. The molecule has 3 amide bonds. The maximum Gasteiger partial charge on any atom is 0.317 e. The summed E-state index contributed by atoms with van der Waals surface area (Å²) in [6.45, 7) is 2.09. The van der Waals surface area contributed by atoms with Crippen molar-refractivity contribution in [2.75, 3.05) is 46.8 Å². The first kappa shape index (κ1) is 25.5. The summed E-state index contributed by atoms with van der Waals surface area (Å²) in [7, 11) is -0.111. The Bertz CT molecular complexity index is 881. The highest BCUT2D eigenvalue weighted by molar-refractivity contribution is 7.86. The minimum atomic E-state index is -3.51. The predicted octanol–water partition coefficient (Wildman–Crippen LogP) is 1.87. The van der Waals surface area contributed by atoms with Crippen LogP contribution >= 0.6 is 0 Å². The molecule has 1 N–H and O–H groups in total. The lowest BCUT2D eigenvalue weighted by molar-refractivity contribution is -0.132. The Morgan fingerprint density at radius 2 is 1.64 bits per heavy atom. The van der Waals surface area contributed by atoms with Crippen LogP contribution in [0.3, 0.4) is 0 Å². The molecule has 0 aromatic heterocycles. The van der Waals surface area contributed by atoms with Crippen LogP contribution in [-0.4, -0.2) is 91.6 Å². The predicted molar refractivity (Wildman–Crippen MR) is 128 cm³/mol. The molecule has 0 spiro atoms. The normalized spacial score (nSPS) is 18.3. The largest absolute Gasteiger partial charge is 0.340 e. The van der Waals surface area contributed by atoms with E-state index in [0.29, 0.717) is 32.7 Å². The lowest BCUT2D eigenvalue weighted by Gasteiger charge is -2.38. The second-order valence-corrected chi connectivity index (χ2v) is 10.9. The number of nitrogens with zero attached hydrogens (tertiary/aromatic N) is 4. The number of hydrogen-bond acceptors (Lipinski definition) is 4. The van der Waals surface area contributed by atoms with Crippen molar-refractivity contribution < 1.29 is 18.0 Å². The van der Waals surface area contributed by atoms with Gasteiger partial charge in [0, 0.05) is 65.8 Å². The van der Waals surface area contributed by atoms with Crippen molar-refractivity contribution in [2.24, 2.45) is 0 Å². The number of rotatable bonds is 8. The van der Waals surface area contributed by atoms with Crippen molar-refractivity contribution in [3.05, 3.63) is 35.9 Å². The van der Waals surface area contributed by atoms with Crippen LogP contribution in [0.4, 0.5) is 4.79 Å². The van der Waals surface area contributed by atoms with Crippen LogP contribution < -0.4 is 5.32 Å². The molecular weight excluding hydrogens is 442 g/mol. The van der Waals surface area contributed by atoms with Gasteiger partial charge in [0.25, 0.3) is 10.2 Å². The van der Waals surface area contributed by atoms with Crippen LogP contribution in [0.2, 0.25) is 0 Å². The van der Waals surface area contributed by atoms with Gasteiger partial charge in [0.05, 0.1) is 0 Å². The highest BCUT2D eigenvalue weighted by Gasteiger charge is 2.35. The number of piperazine rings is 1. The van der Waals surface area contributed by atoms with Crippen molar-refractivity contribution >= 4 is 22.1 Å². The van der Waals surface area contributed by atoms with Crippen LogP contribution in [0.5, 0.6) is 0 Å². The Balaban J connectivity index is 1.38. The number of hydrogen-bond donors (Lipinski definition) is 1. The molecule has 3 rings (SSSR count). The topological polar surface area (TPSA) is 93.3 Å².